The summed E-state index contributed by atoms with van der Waals surface area (Å²) < 4.78 is 47.5. The molecule has 3 aromatic rings. The number of hydrogen-bond donors (Lipinski definition) is 1. The number of furan rings is 1. The minimum atomic E-state index is -4.67. The Morgan fingerprint density at radius 1 is 1.22 bits per heavy atom. The summed E-state index contributed by atoms with van der Waals surface area (Å²) in [6.45, 7) is 2.03. The number of nitrogens with one attached hydrogen (secondary N) is 1. The number of aromatic nitrogens is 2. The lowest BCUT2D eigenvalue weighted by molar-refractivity contribution is -0.136. The van der Waals surface area contributed by atoms with Crippen molar-refractivity contribution in [1.29, 1.82) is 0 Å². The zero-order valence-corrected chi connectivity index (χ0v) is 17.9. The molecule has 4 heterocycles. The normalized spacial score (nSPS) is 17.9. The molecule has 0 radical (unpaired) electrons. The quantitative estimate of drug-likeness (QED) is 0.582. The Hall–Kier alpha value is -2.52. The van der Waals surface area contributed by atoms with Gasteiger partial charge in [-0.25, -0.2) is 4.98 Å². The van der Waals surface area contributed by atoms with Gasteiger partial charge in [-0.3, -0.25) is 9.20 Å². The van der Waals surface area contributed by atoms with Gasteiger partial charge >= 0.3 is 6.18 Å². The molecule has 6 nitrogen and oxygen atoms in total. The summed E-state index contributed by atoms with van der Waals surface area (Å²) in [7, 11) is 0. The van der Waals surface area contributed by atoms with Gasteiger partial charge < -0.3 is 14.6 Å². The van der Waals surface area contributed by atoms with E-state index in [-0.39, 0.29) is 22.1 Å². The third-order valence-electron chi connectivity index (χ3n) is 6.20. The highest BCUT2D eigenvalue weighted by Crippen LogP contribution is 2.37. The summed E-state index contributed by atoms with van der Waals surface area (Å²) in [4.78, 5) is 18.8. The first-order valence-electron chi connectivity index (χ1n) is 10.7. The third-order valence-corrected chi connectivity index (χ3v) is 6.56. The molecule has 2 fully saturated rings. The van der Waals surface area contributed by atoms with E-state index in [0.29, 0.717) is 24.7 Å². The number of nitrogens with zero attached hydrogens (tertiary/aromatic N) is 3. The van der Waals surface area contributed by atoms with Gasteiger partial charge in [-0.15, -0.1) is 0 Å². The predicted octanol–water partition coefficient (Wildman–Crippen LogP) is 4.87. The molecule has 1 aliphatic carbocycles. The second-order valence-electron chi connectivity index (χ2n) is 8.52. The number of fused-ring (bicyclic) bond motifs is 1. The van der Waals surface area contributed by atoms with Crippen LogP contribution in [-0.2, 0) is 6.18 Å². The van der Waals surface area contributed by atoms with Crippen LogP contribution in [0.1, 0.15) is 41.7 Å². The first-order valence-corrected chi connectivity index (χ1v) is 11.0. The number of halogens is 4. The lowest BCUT2D eigenvalue weighted by Gasteiger charge is -2.32. The number of likely N-dealkylation sites (tertiary alicyclic amines) is 1. The molecule has 1 saturated heterocycles. The first kappa shape index (κ1) is 21.3. The molecule has 32 heavy (non-hydrogen) atoms. The maximum absolute atomic E-state index is 13.8. The first-order chi connectivity index (χ1) is 15.3. The van der Waals surface area contributed by atoms with Crippen LogP contribution < -0.4 is 5.32 Å². The average Bonchev–Trinajstić information content (AvgIpc) is 3.32. The van der Waals surface area contributed by atoms with Crippen LogP contribution in [0.2, 0.25) is 5.15 Å². The van der Waals surface area contributed by atoms with Crippen molar-refractivity contribution < 1.29 is 22.4 Å². The molecule has 0 aromatic carbocycles. The van der Waals surface area contributed by atoms with E-state index < -0.39 is 17.6 Å². The predicted molar refractivity (Wildman–Crippen MR) is 113 cm³/mol. The van der Waals surface area contributed by atoms with Crippen LogP contribution >= 0.6 is 11.6 Å². The van der Waals surface area contributed by atoms with Gasteiger partial charge in [0.2, 0.25) is 0 Å². The molecule has 1 amide bonds. The van der Waals surface area contributed by atoms with Crippen LogP contribution in [-0.4, -0.2) is 45.9 Å². The van der Waals surface area contributed by atoms with Gasteiger partial charge in [-0.1, -0.05) is 11.6 Å². The molecular weight excluding hydrogens is 445 g/mol. The molecule has 0 unspecified atom stereocenters. The van der Waals surface area contributed by atoms with E-state index in [0.717, 1.165) is 35.8 Å². The number of imidazole rings is 1. The van der Waals surface area contributed by atoms with Crippen molar-refractivity contribution in [3.8, 4) is 11.1 Å². The van der Waals surface area contributed by atoms with Gasteiger partial charge in [0, 0.05) is 36.5 Å². The molecule has 1 saturated carbocycles. The van der Waals surface area contributed by atoms with E-state index in [1.807, 2.05) is 0 Å². The Morgan fingerprint density at radius 3 is 2.59 bits per heavy atom. The van der Waals surface area contributed by atoms with E-state index >= 15 is 0 Å². The van der Waals surface area contributed by atoms with Crippen LogP contribution in [0.25, 0.3) is 16.8 Å². The molecule has 10 heteroatoms. The third kappa shape index (κ3) is 4.11. The Labute approximate surface area is 187 Å². The number of piperidine rings is 1. The summed E-state index contributed by atoms with van der Waals surface area (Å²) in [5, 5.41) is 3.41. The second kappa shape index (κ2) is 8.12. The Morgan fingerprint density at radius 2 is 1.97 bits per heavy atom. The fourth-order valence-electron chi connectivity index (χ4n) is 4.14. The standard InChI is InChI=1S/C22H22ClF3N4O2/c23-19-18(21(31)29-6-3-16(4-7-29)27-10-13-1-2-13)28-20-17(22(24,25)26)9-15(11-30(19)20)14-5-8-32-12-14/h5,8-9,11-13,16,27H,1-4,6-7,10H2. The molecular formula is C22H22ClF3N4O2. The van der Waals surface area contributed by atoms with Crippen molar-refractivity contribution >= 4 is 23.2 Å². The number of rotatable bonds is 5. The van der Waals surface area contributed by atoms with Crippen molar-refractivity contribution in [1.82, 2.24) is 19.6 Å². The summed E-state index contributed by atoms with van der Waals surface area (Å²) in [6.07, 6.45) is 3.64. The molecule has 0 bridgehead atoms. The average molecular weight is 467 g/mol. The van der Waals surface area contributed by atoms with E-state index in [4.69, 9.17) is 16.0 Å². The SMILES string of the molecule is O=C(c1nc2c(C(F)(F)F)cc(-c3ccoc3)cn2c1Cl)N1CCC(NCC2CC2)CC1. The Bertz CT molecular complexity index is 1130. The molecule has 2 aliphatic rings. The molecule has 1 N–H and O–H groups in total. The number of hydrogen-bond acceptors (Lipinski definition) is 4. The summed E-state index contributed by atoms with van der Waals surface area (Å²) in [5.41, 5.74) is -0.777. The van der Waals surface area contributed by atoms with Crippen molar-refractivity contribution in [3.05, 3.63) is 47.3 Å². The van der Waals surface area contributed by atoms with E-state index in [9.17, 15) is 18.0 Å². The van der Waals surface area contributed by atoms with Gasteiger partial charge in [-0.05, 0) is 50.3 Å². The number of carbonyl (C=O) groups excluding carboxylic acids is 1. The fraction of sp³-hybridized carbons (Fsp3) is 0.455. The van der Waals surface area contributed by atoms with Crippen LogP contribution in [0.5, 0.6) is 0 Å². The summed E-state index contributed by atoms with van der Waals surface area (Å²) in [6, 6.07) is 2.90. The van der Waals surface area contributed by atoms with E-state index in [1.165, 1.54) is 31.6 Å². The highest BCUT2D eigenvalue weighted by molar-refractivity contribution is 6.33. The number of carbonyl (C=O) groups is 1. The zero-order chi connectivity index (χ0) is 22.5. The largest absolute Gasteiger partial charge is 0.472 e. The van der Waals surface area contributed by atoms with Crippen molar-refractivity contribution in [2.75, 3.05) is 19.6 Å². The lowest BCUT2D eigenvalue weighted by atomic mass is 10.0. The fourth-order valence-corrected chi connectivity index (χ4v) is 4.39. The smallest absolute Gasteiger partial charge is 0.420 e. The summed E-state index contributed by atoms with van der Waals surface area (Å²) >= 11 is 6.40. The monoisotopic (exact) mass is 466 g/mol. The van der Waals surface area contributed by atoms with Crippen molar-refractivity contribution in [2.24, 2.45) is 5.92 Å². The van der Waals surface area contributed by atoms with Crippen molar-refractivity contribution in [3.63, 3.8) is 0 Å². The minimum Gasteiger partial charge on any atom is -0.472 e. The number of amides is 1. The highest BCUT2D eigenvalue weighted by atomic mass is 35.5. The van der Waals surface area contributed by atoms with Gasteiger partial charge in [0.1, 0.15) is 5.15 Å². The van der Waals surface area contributed by atoms with Crippen LogP contribution in [0.15, 0.2) is 35.3 Å². The number of pyridine rings is 1. The maximum atomic E-state index is 13.8. The van der Waals surface area contributed by atoms with Crippen LogP contribution in [0.4, 0.5) is 13.2 Å². The summed E-state index contributed by atoms with van der Waals surface area (Å²) in [5.74, 6) is 0.332. The molecule has 170 valence electrons. The van der Waals surface area contributed by atoms with Gasteiger partial charge in [0.25, 0.3) is 5.91 Å². The minimum absolute atomic E-state index is 0.130. The lowest BCUT2D eigenvalue weighted by Crippen LogP contribution is -2.45. The number of alkyl halides is 3. The van der Waals surface area contributed by atoms with E-state index in [1.54, 1.807) is 11.0 Å². The Kier molecular flexibility index (Phi) is 5.41. The van der Waals surface area contributed by atoms with Gasteiger partial charge in [-0.2, -0.15) is 13.2 Å². The molecule has 1 aliphatic heterocycles. The van der Waals surface area contributed by atoms with Crippen molar-refractivity contribution in [2.45, 2.75) is 37.9 Å². The Balaban J connectivity index is 1.43. The topological polar surface area (TPSA) is 62.8 Å². The highest BCUT2D eigenvalue weighted by Gasteiger charge is 2.37. The molecule has 0 atom stereocenters. The second-order valence-corrected chi connectivity index (χ2v) is 8.87. The molecule has 0 spiro atoms. The molecule has 5 rings (SSSR count). The molecule has 3 aromatic heterocycles. The van der Waals surface area contributed by atoms with Gasteiger partial charge in [0.05, 0.1) is 18.1 Å². The maximum Gasteiger partial charge on any atom is 0.420 e. The zero-order valence-electron chi connectivity index (χ0n) is 17.2. The van der Waals surface area contributed by atoms with Crippen LogP contribution in [0, 0.1) is 5.92 Å². The van der Waals surface area contributed by atoms with Crippen LogP contribution in [0.3, 0.4) is 0 Å². The van der Waals surface area contributed by atoms with Gasteiger partial charge in [0.15, 0.2) is 11.3 Å². The van der Waals surface area contributed by atoms with E-state index in [2.05, 4.69) is 10.3 Å².